The molecule has 0 aromatic rings. The molecule has 5 heteroatoms. The molecule has 4 saturated carbocycles. The number of hydrogen-bond donors (Lipinski definition) is 2. The van der Waals surface area contributed by atoms with E-state index in [1.165, 1.54) is 25.7 Å². The molecule has 10 atom stereocenters. The van der Waals surface area contributed by atoms with E-state index < -0.39 is 5.97 Å². The maximum absolute atomic E-state index is 11.2. The molecule has 160 valence electrons. The average Bonchev–Trinajstić information content (AvgIpc) is 2.98. The van der Waals surface area contributed by atoms with Crippen LogP contribution in [0, 0.1) is 46.3 Å². The number of aliphatic hydroxyl groups is 2. The van der Waals surface area contributed by atoms with Crippen LogP contribution in [-0.4, -0.2) is 28.4 Å². The maximum atomic E-state index is 11.2. The Bertz CT molecular complexity index is 612. The van der Waals surface area contributed by atoms with Gasteiger partial charge in [0.15, 0.2) is 0 Å². The Morgan fingerprint density at radius 2 is 1.69 bits per heavy atom. The van der Waals surface area contributed by atoms with Gasteiger partial charge in [-0.25, -0.2) is 0 Å². The average molecular weight is 415 g/mol. The minimum absolute atomic E-state index is 0. The zero-order chi connectivity index (χ0) is 20.3. The molecule has 0 unspecified atom stereocenters. The van der Waals surface area contributed by atoms with E-state index in [1.54, 1.807) is 0 Å². The predicted molar refractivity (Wildman–Crippen MR) is 106 cm³/mol. The Morgan fingerprint density at radius 3 is 2.38 bits per heavy atom. The minimum Gasteiger partial charge on any atom is -0.550 e. The molecule has 2 N–H and O–H groups in total. The Balaban J connectivity index is 0.00000240. The molecule has 0 aliphatic heterocycles. The molecule has 0 aromatic carbocycles. The van der Waals surface area contributed by atoms with Gasteiger partial charge in [0.05, 0.1) is 12.2 Å². The van der Waals surface area contributed by atoms with Gasteiger partial charge >= 0.3 is 29.6 Å². The van der Waals surface area contributed by atoms with E-state index in [0.29, 0.717) is 41.9 Å². The normalized spacial score (nSPS) is 49.9. The number of carbonyl (C=O) groups is 1. The summed E-state index contributed by atoms with van der Waals surface area (Å²) in [6.45, 7) is 7.11. The molecule has 0 heterocycles. The zero-order valence-electron chi connectivity index (χ0n) is 18.9. The second-order valence-electron chi connectivity index (χ2n) is 11.3. The number of carboxylic acid groups (broad SMARTS) is 1. The Hall–Kier alpha value is 0.390. The number of hydrogen-bond acceptors (Lipinski definition) is 4. The van der Waals surface area contributed by atoms with Crippen LogP contribution >= 0.6 is 0 Å². The molecular weight excluding hydrogens is 375 g/mol. The molecule has 0 aromatic heterocycles. The summed E-state index contributed by atoms with van der Waals surface area (Å²) in [6.07, 6.45) is 8.91. The van der Waals surface area contributed by atoms with Crippen molar-refractivity contribution < 1.29 is 49.7 Å². The fourth-order valence-electron chi connectivity index (χ4n) is 8.72. The van der Waals surface area contributed by atoms with Gasteiger partial charge in [-0.3, -0.25) is 0 Å². The molecule has 29 heavy (non-hydrogen) atoms. The first-order valence-electron chi connectivity index (χ1n) is 11.7. The number of carbonyl (C=O) groups excluding carboxylic acids is 1. The van der Waals surface area contributed by atoms with Crippen LogP contribution in [-0.2, 0) is 4.79 Å². The molecule has 0 spiro atoms. The van der Waals surface area contributed by atoms with Crippen molar-refractivity contribution in [3.63, 3.8) is 0 Å². The van der Waals surface area contributed by atoms with Crippen LogP contribution in [0.4, 0.5) is 0 Å². The summed E-state index contributed by atoms with van der Waals surface area (Å²) < 4.78 is 0. The molecule has 4 fully saturated rings. The van der Waals surface area contributed by atoms with Crippen molar-refractivity contribution >= 4 is 5.97 Å². The molecule has 0 amide bonds. The van der Waals surface area contributed by atoms with Gasteiger partial charge in [0.1, 0.15) is 0 Å². The monoisotopic (exact) mass is 414 g/mol. The third kappa shape index (κ3) is 3.99. The van der Waals surface area contributed by atoms with Crippen molar-refractivity contribution in [3.8, 4) is 0 Å². The van der Waals surface area contributed by atoms with Crippen molar-refractivity contribution in [1.82, 2.24) is 0 Å². The van der Waals surface area contributed by atoms with Crippen LogP contribution in [0.25, 0.3) is 0 Å². The van der Waals surface area contributed by atoms with Crippen LogP contribution in [0.3, 0.4) is 0 Å². The van der Waals surface area contributed by atoms with Gasteiger partial charge in [-0.1, -0.05) is 20.8 Å². The van der Waals surface area contributed by atoms with Crippen LogP contribution in [0.1, 0.15) is 85.0 Å². The van der Waals surface area contributed by atoms with Crippen molar-refractivity contribution in [1.29, 1.82) is 0 Å². The number of aliphatic hydroxyl groups excluding tert-OH is 2. The third-order valence-electron chi connectivity index (χ3n) is 10.2. The maximum Gasteiger partial charge on any atom is 1.00 e. The van der Waals surface area contributed by atoms with Crippen molar-refractivity contribution in [2.45, 2.75) is 97.2 Å². The predicted octanol–water partition coefficient (Wildman–Crippen LogP) is 0.147. The quantitative estimate of drug-likeness (QED) is 0.642. The summed E-state index contributed by atoms with van der Waals surface area (Å²) >= 11 is 0. The fourth-order valence-corrected chi connectivity index (χ4v) is 8.72. The van der Waals surface area contributed by atoms with E-state index in [0.717, 1.165) is 25.7 Å². The van der Waals surface area contributed by atoms with E-state index in [1.807, 2.05) is 0 Å². The van der Waals surface area contributed by atoms with Gasteiger partial charge in [0.25, 0.3) is 0 Å². The van der Waals surface area contributed by atoms with Crippen LogP contribution in [0.2, 0.25) is 0 Å². The van der Waals surface area contributed by atoms with Gasteiger partial charge in [0.2, 0.25) is 0 Å². The number of rotatable bonds is 4. The minimum atomic E-state index is -0.934. The largest absolute Gasteiger partial charge is 1.00 e. The molecule has 4 nitrogen and oxygen atoms in total. The van der Waals surface area contributed by atoms with Crippen molar-refractivity contribution in [2.75, 3.05) is 0 Å². The van der Waals surface area contributed by atoms with Gasteiger partial charge in [0, 0.05) is 5.97 Å². The van der Waals surface area contributed by atoms with Gasteiger partial charge in [-0.15, -0.1) is 0 Å². The fraction of sp³-hybridized carbons (Fsp3) is 0.958. The number of carboxylic acids is 1. The van der Waals surface area contributed by atoms with Gasteiger partial charge in [-0.2, -0.15) is 0 Å². The Kier molecular flexibility index (Phi) is 7.24. The van der Waals surface area contributed by atoms with E-state index in [4.69, 9.17) is 0 Å². The van der Waals surface area contributed by atoms with Gasteiger partial charge in [-0.05, 0) is 111 Å². The smallest absolute Gasteiger partial charge is 0.550 e. The first-order valence-corrected chi connectivity index (χ1v) is 11.7. The van der Waals surface area contributed by atoms with Crippen molar-refractivity contribution in [2.24, 2.45) is 46.3 Å². The SMILES string of the molecule is C[C@H](CCC(=O)[O-])[C@H]1CC[C@H]2[C@@H]3[C@H](O)C[C@@H]4C[C@H](O)CC[C@]4(C)[C@H]3CC[C@]12C.[Na+]. The summed E-state index contributed by atoms with van der Waals surface area (Å²) in [7, 11) is 0. The summed E-state index contributed by atoms with van der Waals surface area (Å²) in [5.74, 6) is 1.99. The second-order valence-corrected chi connectivity index (χ2v) is 11.3. The summed E-state index contributed by atoms with van der Waals surface area (Å²) in [5.41, 5.74) is 0.494. The van der Waals surface area contributed by atoms with Crippen LogP contribution in [0.15, 0.2) is 0 Å². The van der Waals surface area contributed by atoms with E-state index in [2.05, 4.69) is 20.8 Å². The third-order valence-corrected chi connectivity index (χ3v) is 10.2. The van der Waals surface area contributed by atoms with Crippen LogP contribution in [0.5, 0.6) is 0 Å². The Morgan fingerprint density at radius 1 is 1.03 bits per heavy atom. The Labute approximate surface area is 198 Å². The van der Waals surface area contributed by atoms with Crippen molar-refractivity contribution in [3.05, 3.63) is 0 Å². The number of aliphatic carboxylic acids is 1. The van der Waals surface area contributed by atoms with E-state index >= 15 is 0 Å². The topological polar surface area (TPSA) is 80.6 Å². The van der Waals surface area contributed by atoms with Crippen LogP contribution < -0.4 is 34.7 Å². The summed E-state index contributed by atoms with van der Waals surface area (Å²) in [6, 6.07) is 0. The summed E-state index contributed by atoms with van der Waals surface area (Å²) in [4.78, 5) is 10.9. The zero-order valence-corrected chi connectivity index (χ0v) is 20.9. The molecule has 4 aliphatic carbocycles. The van der Waals surface area contributed by atoms with Gasteiger partial charge < -0.3 is 20.1 Å². The molecular formula is C24H39NaO4. The molecule has 0 bridgehead atoms. The molecule has 0 radical (unpaired) electrons. The molecule has 0 saturated heterocycles. The standard InChI is InChI=1S/C24H40O4.Na/c1-14(4-7-21(27)28)17-5-6-18-22-19(9-11-24(17,18)3)23(2)10-8-16(25)12-15(23)13-20(22)26;/h14-20,22,25-26H,4-13H2,1-3H3,(H,27,28);/q;+1/p-1/t14-,15+,16-,17-,18+,19+,20-,22+,23+,24-;/m1./s1. The summed E-state index contributed by atoms with van der Waals surface area (Å²) in [5, 5.41) is 32.4. The first-order chi connectivity index (χ1) is 13.2. The number of fused-ring (bicyclic) bond motifs is 5. The van der Waals surface area contributed by atoms with E-state index in [-0.39, 0.29) is 59.0 Å². The molecule has 4 rings (SSSR count). The second kappa shape index (κ2) is 8.73. The molecule has 4 aliphatic rings. The van der Waals surface area contributed by atoms with E-state index in [9.17, 15) is 20.1 Å². The first kappa shape index (κ1) is 24.0.